The lowest BCUT2D eigenvalue weighted by atomic mass is 9.82. The van der Waals surface area contributed by atoms with Gasteiger partial charge in [0.1, 0.15) is 0 Å². The van der Waals surface area contributed by atoms with Crippen molar-refractivity contribution in [2.45, 2.75) is 174 Å². The molecular weight excluding hydrogens is 918 g/mol. The molecule has 0 aromatic rings. The zero-order chi connectivity index (χ0) is 48.1. The van der Waals surface area contributed by atoms with Gasteiger partial charge in [-0.1, -0.05) is 65.2 Å². The van der Waals surface area contributed by atoms with Crippen molar-refractivity contribution in [3.63, 3.8) is 0 Å². The molecule has 0 amide bonds. The Hall–Kier alpha value is -2.10. The fourth-order valence-corrected chi connectivity index (χ4v) is 4.79. The molecule has 0 aromatic carbocycles. The van der Waals surface area contributed by atoms with Crippen molar-refractivity contribution in [1.82, 2.24) is 0 Å². The predicted molar refractivity (Wildman–Crippen MR) is 141 cm³/mol. The van der Waals surface area contributed by atoms with Crippen LogP contribution >= 0.6 is 0 Å². The highest BCUT2D eigenvalue weighted by Crippen LogP contribution is 2.69. The van der Waals surface area contributed by atoms with E-state index in [0.717, 1.165) is 12.8 Å². The first-order valence-electron chi connectivity index (χ1n) is 16.1. The van der Waals surface area contributed by atoms with Crippen LogP contribution in [0.2, 0.25) is 0 Å². The molecule has 0 radical (unpaired) electrons. The quantitative estimate of drug-likeness (QED) is 0.0632. The van der Waals surface area contributed by atoms with Crippen LogP contribution in [0.5, 0.6) is 0 Å². The predicted octanol–water partition coefficient (Wildman–Crippen LogP) is 15.1. The Balaban J connectivity index is 6.88. The van der Waals surface area contributed by atoms with Crippen molar-refractivity contribution in [1.29, 1.82) is 0 Å². The van der Waals surface area contributed by atoms with Gasteiger partial charge in [0.05, 0.1) is 0 Å². The van der Waals surface area contributed by atoms with E-state index in [1.165, 1.54) is 0 Å². The van der Waals surface area contributed by atoms with E-state index in [1.54, 1.807) is 0 Å². The van der Waals surface area contributed by atoms with E-state index in [2.05, 4.69) is 0 Å². The lowest BCUT2D eigenvalue weighted by Crippen LogP contribution is -2.79. The number of hydrogen-bond donors (Lipinski definition) is 0. The van der Waals surface area contributed by atoms with E-state index in [0.29, 0.717) is 25.2 Å². The molecule has 0 unspecified atom stereocenters. The van der Waals surface area contributed by atoms with Crippen LogP contribution in [0.15, 0.2) is 0 Å². The number of unbranched alkanes of at least 4 members (excludes halogenated alkanes) is 7. The number of rotatable bonds is 25. The standard InChI is InChI=1S/C29H30F30/c1-14(2)12-10-8-6-4-5-7-9-11-13-16(32,33)18(36,37)20(40,41)22(44,45)24(48,49)26(52,53)28(56,57)29(58,59)27(54,55)25(50,51)23(46,47)21(42,43)19(38,39)17(34,35)15(3,30)31/h14H,4-13H2,1-3H3. The van der Waals surface area contributed by atoms with Crippen LogP contribution in [0.25, 0.3) is 0 Å². The van der Waals surface area contributed by atoms with Crippen molar-refractivity contribution < 1.29 is 132 Å². The van der Waals surface area contributed by atoms with Crippen LogP contribution in [-0.2, 0) is 0 Å². The van der Waals surface area contributed by atoms with Crippen LogP contribution in [0.1, 0.15) is 85.0 Å². The van der Waals surface area contributed by atoms with Crippen molar-refractivity contribution in [2.24, 2.45) is 5.92 Å². The molecule has 59 heavy (non-hydrogen) atoms. The minimum Gasteiger partial charge on any atom is -0.200 e. The molecule has 0 saturated carbocycles. The highest BCUT2D eigenvalue weighted by molar-refractivity contribution is 5.21. The van der Waals surface area contributed by atoms with Crippen molar-refractivity contribution in [2.75, 3.05) is 0 Å². The van der Waals surface area contributed by atoms with Gasteiger partial charge in [-0.2, -0.15) is 132 Å². The number of alkyl halides is 30. The molecule has 0 spiro atoms. The third kappa shape index (κ3) is 8.54. The smallest absolute Gasteiger partial charge is 0.200 e. The average Bonchev–Trinajstić information content (AvgIpc) is 3.03. The first-order chi connectivity index (χ1) is 25.4. The maximum atomic E-state index is 14.2. The SMILES string of the molecule is CC(C)CCCCCCCCCCC(F)(F)C(F)(F)C(F)(F)C(F)(F)C(F)(F)C(F)(F)C(F)(F)C(F)(F)C(F)(F)C(F)(F)C(F)(F)C(F)(F)C(F)(F)C(F)(F)C(C)(F)F. The lowest BCUT2D eigenvalue weighted by Gasteiger charge is -2.46. The molecule has 0 atom stereocenters. The van der Waals surface area contributed by atoms with E-state index in [9.17, 15) is 132 Å². The topological polar surface area (TPSA) is 0 Å². The Bertz CT molecular complexity index is 1370. The Kier molecular flexibility index (Phi) is 16.0. The summed E-state index contributed by atoms with van der Waals surface area (Å²) in [6.45, 7) is 2.18. The van der Waals surface area contributed by atoms with Gasteiger partial charge in [-0.3, -0.25) is 0 Å². The summed E-state index contributed by atoms with van der Waals surface area (Å²) in [6, 6.07) is 0. The van der Waals surface area contributed by atoms with E-state index in [-0.39, 0.29) is 12.8 Å². The summed E-state index contributed by atoms with van der Waals surface area (Å²) in [5.74, 6) is -135. The summed E-state index contributed by atoms with van der Waals surface area (Å²) >= 11 is 0. The summed E-state index contributed by atoms with van der Waals surface area (Å²) in [6.07, 6.45) is -1.81. The highest BCUT2D eigenvalue weighted by atomic mass is 19.4. The second kappa shape index (κ2) is 16.5. The van der Waals surface area contributed by atoms with Gasteiger partial charge >= 0.3 is 88.8 Å². The van der Waals surface area contributed by atoms with E-state index in [4.69, 9.17) is 0 Å². The third-order valence-corrected chi connectivity index (χ3v) is 8.77. The average molecular weight is 948 g/mol. The molecule has 0 aromatic heterocycles. The molecule has 0 N–H and O–H groups in total. The van der Waals surface area contributed by atoms with Crippen LogP contribution < -0.4 is 0 Å². The third-order valence-electron chi connectivity index (χ3n) is 8.77. The fourth-order valence-electron chi connectivity index (χ4n) is 4.79. The number of halogens is 30. The van der Waals surface area contributed by atoms with Crippen LogP contribution in [-0.4, -0.2) is 88.8 Å². The van der Waals surface area contributed by atoms with Gasteiger partial charge in [0.25, 0.3) is 0 Å². The fraction of sp³-hybridized carbons (Fsp3) is 1.00. The zero-order valence-corrected chi connectivity index (χ0v) is 29.5. The molecule has 0 aliphatic rings. The first kappa shape index (κ1) is 56.9. The lowest BCUT2D eigenvalue weighted by molar-refractivity contribution is -0.487. The van der Waals surface area contributed by atoms with Gasteiger partial charge in [0.15, 0.2) is 0 Å². The summed E-state index contributed by atoms with van der Waals surface area (Å²) in [4.78, 5) is 0. The number of hydrogen-bond acceptors (Lipinski definition) is 0. The van der Waals surface area contributed by atoms with Gasteiger partial charge < -0.3 is 0 Å². The van der Waals surface area contributed by atoms with Gasteiger partial charge in [0.2, 0.25) is 0 Å². The Morgan fingerprint density at radius 2 is 0.441 bits per heavy atom. The minimum atomic E-state index is -9.98. The Morgan fingerprint density at radius 3 is 0.661 bits per heavy atom. The van der Waals surface area contributed by atoms with Gasteiger partial charge in [-0.05, 0) is 12.3 Å². The summed E-state index contributed by atoms with van der Waals surface area (Å²) in [7, 11) is 0. The molecule has 0 aliphatic heterocycles. The van der Waals surface area contributed by atoms with Gasteiger partial charge in [0, 0.05) is 13.3 Å². The van der Waals surface area contributed by atoms with Crippen LogP contribution in [0, 0.1) is 5.92 Å². The largest absolute Gasteiger partial charge is 0.385 e. The highest BCUT2D eigenvalue weighted by Gasteiger charge is 3.01. The van der Waals surface area contributed by atoms with E-state index >= 15 is 0 Å². The molecule has 0 rings (SSSR count). The summed E-state index contributed by atoms with van der Waals surface area (Å²) < 4.78 is 416. The van der Waals surface area contributed by atoms with Gasteiger partial charge in [-0.15, -0.1) is 0 Å². The molecule has 0 aliphatic carbocycles. The van der Waals surface area contributed by atoms with Crippen molar-refractivity contribution in [3.05, 3.63) is 0 Å². The molecule has 0 nitrogen and oxygen atoms in total. The normalized spacial score (nSPS) is 16.4. The van der Waals surface area contributed by atoms with Crippen LogP contribution in [0.4, 0.5) is 132 Å². The van der Waals surface area contributed by atoms with E-state index < -0.39 is 115 Å². The molecular formula is C29H30F30. The summed E-state index contributed by atoms with van der Waals surface area (Å²) in [5.41, 5.74) is 0. The molecule has 0 fully saturated rings. The summed E-state index contributed by atoms with van der Waals surface area (Å²) in [5, 5.41) is 0. The van der Waals surface area contributed by atoms with Crippen molar-refractivity contribution >= 4 is 0 Å². The van der Waals surface area contributed by atoms with E-state index in [1.807, 2.05) is 13.8 Å². The molecule has 30 heteroatoms. The monoisotopic (exact) mass is 948 g/mol. The zero-order valence-electron chi connectivity index (χ0n) is 29.5. The first-order valence-corrected chi connectivity index (χ1v) is 16.1. The maximum Gasteiger partial charge on any atom is 0.385 e. The van der Waals surface area contributed by atoms with Crippen LogP contribution in [0.3, 0.4) is 0 Å². The second-order valence-electron chi connectivity index (χ2n) is 13.8. The second-order valence-corrected chi connectivity index (χ2v) is 13.8. The maximum absolute atomic E-state index is 14.2. The molecule has 356 valence electrons. The Labute approximate surface area is 312 Å². The minimum absolute atomic E-state index is 0.128. The molecule has 0 saturated heterocycles. The molecule has 0 bridgehead atoms. The molecule has 0 heterocycles. The van der Waals surface area contributed by atoms with Crippen molar-refractivity contribution in [3.8, 4) is 0 Å². The van der Waals surface area contributed by atoms with Gasteiger partial charge in [-0.25, -0.2) is 0 Å². The Morgan fingerprint density at radius 1 is 0.254 bits per heavy atom.